The van der Waals surface area contributed by atoms with Crippen LogP contribution in [0.1, 0.15) is 17.2 Å². The Morgan fingerprint density at radius 3 is 2.43 bits per heavy atom. The lowest BCUT2D eigenvalue weighted by atomic mass is 9.91. The van der Waals surface area contributed by atoms with Gasteiger partial charge in [0.1, 0.15) is 23.7 Å². The highest BCUT2D eigenvalue weighted by Crippen LogP contribution is 2.60. The Bertz CT molecular complexity index is 712. The molecular weight excluding hydrogens is 296 g/mol. The molecule has 23 heavy (non-hydrogen) atoms. The second-order valence-corrected chi connectivity index (χ2v) is 5.93. The van der Waals surface area contributed by atoms with Crippen LogP contribution >= 0.6 is 0 Å². The van der Waals surface area contributed by atoms with Crippen molar-refractivity contribution >= 4 is 0 Å². The zero-order chi connectivity index (χ0) is 15.9. The van der Waals surface area contributed by atoms with Gasteiger partial charge in [-0.2, -0.15) is 0 Å². The minimum atomic E-state index is -0.779. The SMILES string of the molecule is Oc1ccccc1C1OC1(COCC1CO1)c1ccccc1O. The molecule has 0 radical (unpaired) electrons. The molecule has 120 valence electrons. The van der Waals surface area contributed by atoms with E-state index in [4.69, 9.17) is 14.2 Å². The number of rotatable bonds is 6. The molecule has 0 aromatic heterocycles. The van der Waals surface area contributed by atoms with Crippen molar-refractivity contribution in [1.29, 1.82) is 0 Å². The van der Waals surface area contributed by atoms with E-state index in [0.29, 0.717) is 24.3 Å². The first-order valence-electron chi connectivity index (χ1n) is 7.64. The summed E-state index contributed by atoms with van der Waals surface area (Å²) in [6.45, 7) is 1.53. The molecule has 2 N–H and O–H groups in total. The molecule has 3 atom stereocenters. The summed E-state index contributed by atoms with van der Waals surface area (Å²) in [5.74, 6) is 0.344. The third kappa shape index (κ3) is 2.67. The number of para-hydroxylation sites is 2. The predicted octanol–water partition coefficient (Wildman–Crippen LogP) is 2.48. The smallest absolute Gasteiger partial charge is 0.151 e. The molecule has 0 spiro atoms. The summed E-state index contributed by atoms with van der Waals surface area (Å²) >= 11 is 0. The van der Waals surface area contributed by atoms with Gasteiger partial charge in [0.05, 0.1) is 19.8 Å². The highest BCUT2D eigenvalue weighted by atomic mass is 16.6. The lowest BCUT2D eigenvalue weighted by Crippen LogP contribution is -2.20. The minimum Gasteiger partial charge on any atom is -0.508 e. The number of hydrogen-bond acceptors (Lipinski definition) is 5. The van der Waals surface area contributed by atoms with E-state index >= 15 is 0 Å². The summed E-state index contributed by atoms with van der Waals surface area (Å²) in [4.78, 5) is 0. The minimum absolute atomic E-state index is 0.164. The topological polar surface area (TPSA) is 74.8 Å². The molecule has 0 amide bonds. The molecule has 4 rings (SSSR count). The maximum Gasteiger partial charge on any atom is 0.151 e. The quantitative estimate of drug-likeness (QED) is 0.801. The van der Waals surface area contributed by atoms with E-state index in [1.54, 1.807) is 24.3 Å². The van der Waals surface area contributed by atoms with Crippen LogP contribution in [0.25, 0.3) is 0 Å². The summed E-state index contributed by atoms with van der Waals surface area (Å²) in [6.07, 6.45) is -0.184. The van der Waals surface area contributed by atoms with Gasteiger partial charge in [-0.1, -0.05) is 36.4 Å². The van der Waals surface area contributed by atoms with E-state index < -0.39 is 5.60 Å². The molecule has 2 aromatic carbocycles. The number of phenols is 2. The van der Waals surface area contributed by atoms with Crippen molar-refractivity contribution in [2.24, 2.45) is 0 Å². The zero-order valence-electron chi connectivity index (χ0n) is 12.5. The van der Waals surface area contributed by atoms with Crippen molar-refractivity contribution in [3.05, 3.63) is 59.7 Å². The van der Waals surface area contributed by atoms with Gasteiger partial charge < -0.3 is 24.4 Å². The number of epoxide rings is 2. The average molecular weight is 314 g/mol. The second kappa shape index (κ2) is 5.53. The third-order valence-corrected chi connectivity index (χ3v) is 4.30. The fourth-order valence-corrected chi connectivity index (χ4v) is 2.93. The van der Waals surface area contributed by atoms with Crippen LogP contribution in [0.4, 0.5) is 0 Å². The molecule has 5 nitrogen and oxygen atoms in total. The van der Waals surface area contributed by atoms with Gasteiger partial charge in [0.2, 0.25) is 0 Å². The summed E-state index contributed by atoms with van der Waals surface area (Å²) < 4.78 is 16.8. The van der Waals surface area contributed by atoms with Crippen LogP contribution in [0.5, 0.6) is 11.5 Å². The van der Waals surface area contributed by atoms with E-state index in [2.05, 4.69) is 0 Å². The molecule has 2 aliphatic heterocycles. The van der Waals surface area contributed by atoms with E-state index in [0.717, 1.165) is 6.61 Å². The maximum atomic E-state index is 10.2. The molecule has 0 saturated carbocycles. The summed E-state index contributed by atoms with van der Waals surface area (Å²) in [7, 11) is 0. The number of ether oxygens (including phenoxy) is 3. The van der Waals surface area contributed by atoms with Crippen LogP contribution in [0.3, 0.4) is 0 Å². The Hall–Kier alpha value is -2.08. The van der Waals surface area contributed by atoms with Crippen LogP contribution in [-0.4, -0.2) is 36.1 Å². The second-order valence-electron chi connectivity index (χ2n) is 5.93. The van der Waals surface area contributed by atoms with Gasteiger partial charge in [-0.3, -0.25) is 0 Å². The Balaban J connectivity index is 1.63. The number of benzene rings is 2. The van der Waals surface area contributed by atoms with Gasteiger partial charge in [-0.15, -0.1) is 0 Å². The molecule has 0 bridgehead atoms. The van der Waals surface area contributed by atoms with Crippen molar-refractivity contribution < 1.29 is 24.4 Å². The molecule has 2 aromatic rings. The Morgan fingerprint density at radius 1 is 1.04 bits per heavy atom. The van der Waals surface area contributed by atoms with Gasteiger partial charge in [0, 0.05) is 11.1 Å². The van der Waals surface area contributed by atoms with Crippen molar-refractivity contribution in [1.82, 2.24) is 0 Å². The fraction of sp³-hybridized carbons (Fsp3) is 0.333. The number of aromatic hydroxyl groups is 2. The summed E-state index contributed by atoms with van der Waals surface area (Å²) in [5.41, 5.74) is 0.589. The highest BCUT2D eigenvalue weighted by Gasteiger charge is 2.60. The standard InChI is InChI=1S/C18H18O5/c19-15-7-3-1-5-13(15)17-18(23-17,11-21-9-12-10-22-12)14-6-2-4-8-16(14)20/h1-8,12,17,19-20H,9-11H2. The first-order valence-corrected chi connectivity index (χ1v) is 7.64. The van der Waals surface area contributed by atoms with Gasteiger partial charge in [-0.25, -0.2) is 0 Å². The molecule has 0 aliphatic carbocycles. The molecule has 5 heteroatoms. The first kappa shape index (κ1) is 14.5. The Labute approximate surface area is 134 Å². The average Bonchev–Trinajstić information content (AvgIpc) is 3.45. The lowest BCUT2D eigenvalue weighted by molar-refractivity contribution is 0.0662. The van der Waals surface area contributed by atoms with Crippen molar-refractivity contribution in [2.45, 2.75) is 17.8 Å². The van der Waals surface area contributed by atoms with Crippen LogP contribution in [0.2, 0.25) is 0 Å². The monoisotopic (exact) mass is 314 g/mol. The van der Waals surface area contributed by atoms with Gasteiger partial charge in [-0.05, 0) is 12.1 Å². The van der Waals surface area contributed by atoms with Gasteiger partial charge in [0.15, 0.2) is 5.60 Å². The largest absolute Gasteiger partial charge is 0.508 e. The van der Waals surface area contributed by atoms with E-state index in [1.807, 2.05) is 24.3 Å². The lowest BCUT2D eigenvalue weighted by Gasteiger charge is -2.15. The molecule has 2 saturated heterocycles. The molecule has 2 fully saturated rings. The van der Waals surface area contributed by atoms with Crippen molar-refractivity contribution in [3.63, 3.8) is 0 Å². The number of hydrogen-bond donors (Lipinski definition) is 2. The molecule has 3 unspecified atom stereocenters. The zero-order valence-corrected chi connectivity index (χ0v) is 12.5. The van der Waals surface area contributed by atoms with E-state index in [1.165, 1.54) is 0 Å². The maximum absolute atomic E-state index is 10.2. The van der Waals surface area contributed by atoms with Crippen molar-refractivity contribution in [2.75, 3.05) is 19.8 Å². The van der Waals surface area contributed by atoms with Crippen molar-refractivity contribution in [3.8, 4) is 11.5 Å². The summed E-state index contributed by atoms with van der Waals surface area (Å²) in [6, 6.07) is 14.1. The Kier molecular flexibility index (Phi) is 3.49. The molecule has 2 heterocycles. The third-order valence-electron chi connectivity index (χ3n) is 4.30. The van der Waals surface area contributed by atoms with Crippen LogP contribution in [0, 0.1) is 0 Å². The molecule has 2 aliphatic rings. The summed E-state index contributed by atoms with van der Waals surface area (Å²) in [5, 5.41) is 20.3. The first-order chi connectivity index (χ1) is 11.2. The Morgan fingerprint density at radius 2 is 1.74 bits per heavy atom. The predicted molar refractivity (Wildman–Crippen MR) is 82.3 cm³/mol. The normalized spacial score (nSPS) is 28.5. The number of phenolic OH excluding ortho intramolecular Hbond substituents is 2. The van der Waals surface area contributed by atoms with Gasteiger partial charge in [0.25, 0.3) is 0 Å². The van der Waals surface area contributed by atoms with E-state index in [9.17, 15) is 10.2 Å². The molecular formula is C18H18O5. The van der Waals surface area contributed by atoms with Crippen LogP contribution < -0.4 is 0 Å². The van der Waals surface area contributed by atoms with Crippen LogP contribution in [0.15, 0.2) is 48.5 Å². The van der Waals surface area contributed by atoms with Crippen LogP contribution in [-0.2, 0) is 19.8 Å². The highest BCUT2D eigenvalue weighted by molar-refractivity contribution is 5.47. The van der Waals surface area contributed by atoms with Gasteiger partial charge >= 0.3 is 0 Å². The fourth-order valence-electron chi connectivity index (χ4n) is 2.93. The van der Waals surface area contributed by atoms with E-state index in [-0.39, 0.29) is 23.7 Å².